The summed E-state index contributed by atoms with van der Waals surface area (Å²) in [5, 5.41) is 18.8. The van der Waals surface area contributed by atoms with Crippen LogP contribution in [0.3, 0.4) is 0 Å². The SMILES string of the molecule is CC(C)n1c(N)nnc1SCC(O)c1ccccc1. The van der Waals surface area contributed by atoms with Gasteiger partial charge in [0.15, 0.2) is 5.16 Å². The Labute approximate surface area is 116 Å². The van der Waals surface area contributed by atoms with Gasteiger partial charge in [0.1, 0.15) is 0 Å². The molecule has 0 aliphatic heterocycles. The van der Waals surface area contributed by atoms with Crippen LogP contribution in [0.25, 0.3) is 0 Å². The van der Waals surface area contributed by atoms with Crippen molar-refractivity contribution in [2.75, 3.05) is 11.5 Å². The van der Waals surface area contributed by atoms with E-state index in [0.717, 1.165) is 10.7 Å². The van der Waals surface area contributed by atoms with Gasteiger partial charge in [0, 0.05) is 11.8 Å². The molecule has 0 aliphatic carbocycles. The molecule has 0 saturated carbocycles. The highest BCUT2D eigenvalue weighted by molar-refractivity contribution is 7.99. The largest absolute Gasteiger partial charge is 0.388 e. The Kier molecular flexibility index (Phi) is 4.44. The van der Waals surface area contributed by atoms with Crippen molar-refractivity contribution >= 4 is 17.7 Å². The third-order valence-corrected chi connectivity index (χ3v) is 3.78. The molecule has 2 aromatic rings. The van der Waals surface area contributed by atoms with Crippen LogP contribution in [0.2, 0.25) is 0 Å². The molecule has 0 fully saturated rings. The smallest absolute Gasteiger partial charge is 0.222 e. The number of aliphatic hydroxyl groups is 1. The number of nitrogen functional groups attached to an aromatic ring is 1. The van der Waals surface area contributed by atoms with Gasteiger partial charge in [-0.2, -0.15) is 0 Å². The van der Waals surface area contributed by atoms with Gasteiger partial charge in [-0.25, -0.2) is 0 Å². The van der Waals surface area contributed by atoms with E-state index in [1.807, 2.05) is 48.7 Å². The van der Waals surface area contributed by atoms with Gasteiger partial charge in [-0.1, -0.05) is 42.1 Å². The van der Waals surface area contributed by atoms with Gasteiger partial charge in [0.05, 0.1) is 6.10 Å². The monoisotopic (exact) mass is 278 g/mol. The molecule has 6 heteroatoms. The first kappa shape index (κ1) is 13.9. The Morgan fingerprint density at radius 3 is 2.58 bits per heavy atom. The molecule has 1 aromatic heterocycles. The van der Waals surface area contributed by atoms with Crippen molar-refractivity contribution in [2.24, 2.45) is 0 Å². The molecular formula is C13H18N4OS. The number of anilines is 1. The predicted molar refractivity (Wildman–Crippen MR) is 76.9 cm³/mol. The van der Waals surface area contributed by atoms with Crippen LogP contribution in [0.1, 0.15) is 31.6 Å². The van der Waals surface area contributed by atoms with Gasteiger partial charge in [-0.05, 0) is 19.4 Å². The fourth-order valence-electron chi connectivity index (χ4n) is 1.80. The van der Waals surface area contributed by atoms with E-state index in [-0.39, 0.29) is 6.04 Å². The number of aliphatic hydroxyl groups excluding tert-OH is 1. The van der Waals surface area contributed by atoms with Crippen molar-refractivity contribution < 1.29 is 5.11 Å². The molecule has 1 heterocycles. The minimum absolute atomic E-state index is 0.200. The number of hydrogen-bond donors (Lipinski definition) is 2. The number of thioether (sulfide) groups is 1. The van der Waals surface area contributed by atoms with Crippen LogP contribution >= 0.6 is 11.8 Å². The average molecular weight is 278 g/mol. The molecule has 19 heavy (non-hydrogen) atoms. The molecule has 0 bridgehead atoms. The summed E-state index contributed by atoms with van der Waals surface area (Å²) in [4.78, 5) is 0. The lowest BCUT2D eigenvalue weighted by Gasteiger charge is -2.13. The van der Waals surface area contributed by atoms with Gasteiger partial charge in [0.2, 0.25) is 5.95 Å². The number of nitrogens with two attached hydrogens (primary N) is 1. The topological polar surface area (TPSA) is 77.0 Å². The molecule has 3 N–H and O–H groups in total. The lowest BCUT2D eigenvalue weighted by atomic mass is 10.1. The van der Waals surface area contributed by atoms with Crippen molar-refractivity contribution in [1.29, 1.82) is 0 Å². The van der Waals surface area contributed by atoms with Crippen molar-refractivity contribution in [3.8, 4) is 0 Å². The summed E-state index contributed by atoms with van der Waals surface area (Å²) in [5.41, 5.74) is 6.67. The van der Waals surface area contributed by atoms with Gasteiger partial charge < -0.3 is 10.8 Å². The first-order valence-electron chi connectivity index (χ1n) is 6.15. The summed E-state index contributed by atoms with van der Waals surface area (Å²) in [6.07, 6.45) is -0.523. The van der Waals surface area contributed by atoms with Crippen LogP contribution in [-0.4, -0.2) is 25.6 Å². The highest BCUT2D eigenvalue weighted by atomic mass is 32.2. The van der Waals surface area contributed by atoms with Crippen LogP contribution in [0.4, 0.5) is 5.95 Å². The van der Waals surface area contributed by atoms with E-state index >= 15 is 0 Å². The lowest BCUT2D eigenvalue weighted by Crippen LogP contribution is -2.08. The minimum Gasteiger partial charge on any atom is -0.388 e. The maximum Gasteiger partial charge on any atom is 0.222 e. The summed E-state index contributed by atoms with van der Waals surface area (Å²) in [5.74, 6) is 0.932. The minimum atomic E-state index is -0.523. The van der Waals surface area contributed by atoms with Crippen LogP contribution < -0.4 is 5.73 Å². The average Bonchev–Trinajstić information content (AvgIpc) is 2.78. The number of nitrogens with zero attached hydrogens (tertiary/aromatic N) is 3. The second kappa shape index (κ2) is 6.08. The number of benzene rings is 1. The summed E-state index contributed by atoms with van der Waals surface area (Å²) >= 11 is 1.46. The molecular weight excluding hydrogens is 260 g/mol. The Morgan fingerprint density at radius 2 is 1.95 bits per heavy atom. The third kappa shape index (κ3) is 3.27. The molecule has 0 amide bonds. The first-order chi connectivity index (χ1) is 9.09. The van der Waals surface area contributed by atoms with E-state index in [0.29, 0.717) is 11.7 Å². The van der Waals surface area contributed by atoms with E-state index in [9.17, 15) is 5.11 Å². The lowest BCUT2D eigenvalue weighted by molar-refractivity contribution is 0.204. The summed E-state index contributed by atoms with van der Waals surface area (Å²) in [6.45, 7) is 4.05. The van der Waals surface area contributed by atoms with E-state index in [2.05, 4.69) is 10.2 Å². The van der Waals surface area contributed by atoms with Crippen LogP contribution in [0, 0.1) is 0 Å². The van der Waals surface area contributed by atoms with Crippen molar-refractivity contribution in [1.82, 2.24) is 14.8 Å². The van der Waals surface area contributed by atoms with Crippen molar-refractivity contribution in [3.63, 3.8) is 0 Å². The zero-order valence-corrected chi connectivity index (χ0v) is 11.8. The third-order valence-electron chi connectivity index (χ3n) is 2.76. The second-order valence-corrected chi connectivity index (χ2v) is 5.53. The van der Waals surface area contributed by atoms with E-state index in [4.69, 9.17) is 5.73 Å². The highest BCUT2D eigenvalue weighted by Gasteiger charge is 2.15. The molecule has 0 radical (unpaired) electrons. The fraction of sp³-hybridized carbons (Fsp3) is 0.385. The second-order valence-electron chi connectivity index (χ2n) is 4.54. The van der Waals surface area contributed by atoms with Crippen LogP contribution in [-0.2, 0) is 0 Å². The van der Waals surface area contributed by atoms with Gasteiger partial charge in [-0.3, -0.25) is 4.57 Å². The fourth-order valence-corrected chi connectivity index (χ4v) is 2.84. The summed E-state index contributed by atoms with van der Waals surface area (Å²) in [7, 11) is 0. The van der Waals surface area contributed by atoms with E-state index in [1.54, 1.807) is 0 Å². The van der Waals surface area contributed by atoms with Crippen molar-refractivity contribution in [3.05, 3.63) is 35.9 Å². The molecule has 102 valence electrons. The highest BCUT2D eigenvalue weighted by Crippen LogP contribution is 2.26. The number of hydrogen-bond acceptors (Lipinski definition) is 5. The first-order valence-corrected chi connectivity index (χ1v) is 7.14. The molecule has 1 aromatic carbocycles. The predicted octanol–water partition coefficient (Wildman–Crippen LogP) is 2.27. The quantitative estimate of drug-likeness (QED) is 0.820. The molecule has 1 atom stereocenters. The number of aromatic nitrogens is 3. The molecule has 5 nitrogen and oxygen atoms in total. The maximum absolute atomic E-state index is 10.1. The Bertz CT molecular complexity index is 527. The molecule has 0 saturated heterocycles. The zero-order chi connectivity index (χ0) is 13.8. The van der Waals surface area contributed by atoms with Crippen LogP contribution in [0.15, 0.2) is 35.5 Å². The molecule has 0 spiro atoms. The molecule has 1 unspecified atom stereocenters. The van der Waals surface area contributed by atoms with Gasteiger partial charge in [-0.15, -0.1) is 10.2 Å². The maximum atomic E-state index is 10.1. The summed E-state index contributed by atoms with van der Waals surface area (Å²) in [6, 6.07) is 9.78. The standard InChI is InChI=1S/C13H18N4OS/c1-9(2)17-12(14)15-16-13(17)19-8-11(18)10-6-4-3-5-7-10/h3-7,9,11,18H,8H2,1-2H3,(H2,14,15). The van der Waals surface area contributed by atoms with Crippen LogP contribution in [0.5, 0.6) is 0 Å². The normalized spacial score (nSPS) is 12.8. The Balaban J connectivity index is 2.03. The zero-order valence-electron chi connectivity index (χ0n) is 11.0. The van der Waals surface area contributed by atoms with Gasteiger partial charge >= 0.3 is 0 Å². The molecule has 0 aliphatic rings. The Morgan fingerprint density at radius 1 is 1.26 bits per heavy atom. The van der Waals surface area contributed by atoms with Crippen molar-refractivity contribution in [2.45, 2.75) is 31.1 Å². The number of rotatable bonds is 5. The Hall–Kier alpha value is -1.53. The van der Waals surface area contributed by atoms with E-state index in [1.165, 1.54) is 11.8 Å². The van der Waals surface area contributed by atoms with E-state index < -0.39 is 6.10 Å². The summed E-state index contributed by atoms with van der Waals surface area (Å²) < 4.78 is 1.86. The molecule has 2 rings (SSSR count). The van der Waals surface area contributed by atoms with Gasteiger partial charge in [0.25, 0.3) is 0 Å².